The maximum atomic E-state index is 6.68. The molecule has 0 radical (unpaired) electrons. The molecule has 1 aliphatic heterocycles. The number of rotatable bonds is 10. The van der Waals surface area contributed by atoms with E-state index in [-0.39, 0.29) is 6.29 Å². The molecule has 0 bridgehead atoms. The Morgan fingerprint density at radius 3 is 2.51 bits per heavy atom. The van der Waals surface area contributed by atoms with E-state index in [1.165, 1.54) is 0 Å². The first-order chi connectivity index (χ1) is 19.0. The third-order valence-electron chi connectivity index (χ3n) is 6.90. The molecule has 5 rings (SSSR count). The summed E-state index contributed by atoms with van der Waals surface area (Å²) in [6.07, 6.45) is 1.74. The molecule has 1 atom stereocenters. The summed E-state index contributed by atoms with van der Waals surface area (Å²) in [5, 5.41) is 14.8. The zero-order chi connectivity index (χ0) is 27.4. The van der Waals surface area contributed by atoms with Gasteiger partial charge in [0.25, 0.3) is 0 Å². The molecule has 1 N–H and O–H groups in total. The summed E-state index contributed by atoms with van der Waals surface area (Å²) in [5.74, 6) is 2.88. The molecule has 39 heavy (non-hydrogen) atoms. The minimum absolute atomic E-state index is 0.176. The van der Waals surface area contributed by atoms with Gasteiger partial charge in [-0.2, -0.15) is 5.10 Å². The van der Waals surface area contributed by atoms with E-state index in [1.54, 1.807) is 21.3 Å². The Morgan fingerprint density at radius 2 is 1.77 bits per heavy atom. The van der Waals surface area contributed by atoms with Crippen molar-refractivity contribution < 1.29 is 23.7 Å². The molecule has 1 fully saturated rings. The Labute approximate surface area is 233 Å². The van der Waals surface area contributed by atoms with E-state index in [1.807, 2.05) is 49.4 Å². The van der Waals surface area contributed by atoms with Crippen LogP contribution in [0, 0.1) is 6.92 Å². The smallest absolute Gasteiger partial charge is 0.158 e. The van der Waals surface area contributed by atoms with Gasteiger partial charge in [0.15, 0.2) is 12.1 Å². The Morgan fingerprint density at radius 1 is 0.923 bits per heavy atom. The molecular weight excluding hydrogens is 518 g/mol. The normalized spacial score (nSPS) is 14.9. The molecule has 1 unspecified atom stereocenters. The van der Waals surface area contributed by atoms with Crippen LogP contribution in [0.5, 0.6) is 17.2 Å². The van der Waals surface area contributed by atoms with Gasteiger partial charge in [-0.1, -0.05) is 17.7 Å². The molecule has 1 aromatic heterocycles. The van der Waals surface area contributed by atoms with E-state index in [9.17, 15) is 0 Å². The number of ether oxygens (including phenoxy) is 5. The molecule has 0 spiro atoms. The average Bonchev–Trinajstić information content (AvgIpc) is 3.49. The summed E-state index contributed by atoms with van der Waals surface area (Å²) >= 11 is 6.68. The summed E-state index contributed by atoms with van der Waals surface area (Å²) in [7, 11) is 4.93. The fraction of sp³-hybridized carbons (Fsp3) is 0.333. The van der Waals surface area contributed by atoms with E-state index in [0.717, 1.165) is 69.7 Å². The van der Waals surface area contributed by atoms with Crippen molar-refractivity contribution in [1.29, 1.82) is 0 Å². The summed E-state index contributed by atoms with van der Waals surface area (Å²) in [5.41, 5.74) is 4.51. The predicted octanol–water partition coefficient (Wildman–Crippen LogP) is 6.55. The van der Waals surface area contributed by atoms with Crippen LogP contribution in [0.3, 0.4) is 0 Å². The van der Waals surface area contributed by atoms with Gasteiger partial charge in [0.05, 0.1) is 33.6 Å². The van der Waals surface area contributed by atoms with E-state index < -0.39 is 0 Å². The summed E-state index contributed by atoms with van der Waals surface area (Å²) in [6, 6.07) is 15.8. The fourth-order valence-corrected chi connectivity index (χ4v) is 4.94. The van der Waals surface area contributed by atoms with E-state index in [0.29, 0.717) is 29.7 Å². The largest absolute Gasteiger partial charge is 0.497 e. The number of hydrogen-bond donors (Lipinski definition) is 1. The molecule has 3 aromatic carbocycles. The lowest BCUT2D eigenvalue weighted by Crippen LogP contribution is -2.10. The third kappa shape index (κ3) is 5.88. The van der Waals surface area contributed by atoms with Crippen molar-refractivity contribution in [3.8, 4) is 28.4 Å². The number of nitrogens with one attached hydrogen (secondary N) is 1. The van der Waals surface area contributed by atoms with Gasteiger partial charge in [0, 0.05) is 58.1 Å². The standard InChI is InChI=1S/C30H32ClN3O5/c1-18-24-12-19(25-15-26(31)21(13-28(25)37-4)17-39-29-6-5-11-38-29)8-10-23(24)30(34-33-18)32-16-20-7-9-22(35-2)14-27(20)36-3/h7-10,12-15,29H,5-6,11,16-17H2,1-4H3,(H,32,34). The highest BCUT2D eigenvalue weighted by molar-refractivity contribution is 6.31. The van der Waals surface area contributed by atoms with Gasteiger partial charge in [-0.25, -0.2) is 0 Å². The zero-order valence-electron chi connectivity index (χ0n) is 22.5. The zero-order valence-corrected chi connectivity index (χ0v) is 23.3. The average molecular weight is 550 g/mol. The second-order valence-electron chi connectivity index (χ2n) is 9.32. The number of aromatic nitrogens is 2. The first-order valence-corrected chi connectivity index (χ1v) is 13.2. The lowest BCUT2D eigenvalue weighted by Gasteiger charge is -2.16. The Hall–Kier alpha value is -3.59. The van der Waals surface area contributed by atoms with Crippen LogP contribution in [0.4, 0.5) is 5.82 Å². The van der Waals surface area contributed by atoms with Crippen molar-refractivity contribution in [3.05, 3.63) is 70.4 Å². The van der Waals surface area contributed by atoms with Crippen molar-refractivity contribution >= 4 is 28.2 Å². The SMILES string of the molecule is COc1ccc(CNc2nnc(C)c3cc(-c4cc(Cl)c(COC5CCCO5)cc4OC)ccc23)c(OC)c1. The van der Waals surface area contributed by atoms with Gasteiger partial charge in [0.2, 0.25) is 0 Å². The molecule has 1 aliphatic rings. The number of benzene rings is 3. The number of hydrogen-bond acceptors (Lipinski definition) is 8. The molecule has 9 heteroatoms. The molecule has 0 saturated carbocycles. The van der Waals surface area contributed by atoms with Crippen LogP contribution in [-0.4, -0.2) is 44.4 Å². The van der Waals surface area contributed by atoms with E-state index in [4.69, 9.17) is 35.3 Å². The van der Waals surface area contributed by atoms with Gasteiger partial charge in [-0.05, 0) is 55.3 Å². The molecule has 0 amide bonds. The monoisotopic (exact) mass is 549 g/mol. The first kappa shape index (κ1) is 27.0. The first-order valence-electron chi connectivity index (χ1n) is 12.8. The second-order valence-corrected chi connectivity index (χ2v) is 9.73. The summed E-state index contributed by atoms with van der Waals surface area (Å²) in [4.78, 5) is 0. The summed E-state index contributed by atoms with van der Waals surface area (Å²) < 4.78 is 28.0. The Kier molecular flexibility index (Phi) is 8.35. The number of fused-ring (bicyclic) bond motifs is 1. The van der Waals surface area contributed by atoms with Crippen molar-refractivity contribution in [2.45, 2.75) is 39.2 Å². The topological polar surface area (TPSA) is 84.0 Å². The highest BCUT2D eigenvalue weighted by Gasteiger charge is 2.18. The van der Waals surface area contributed by atoms with Gasteiger partial charge < -0.3 is 29.0 Å². The third-order valence-corrected chi connectivity index (χ3v) is 7.25. The summed E-state index contributed by atoms with van der Waals surface area (Å²) in [6.45, 7) is 3.56. The van der Waals surface area contributed by atoms with Gasteiger partial charge in [-0.3, -0.25) is 0 Å². The van der Waals surface area contributed by atoms with Gasteiger partial charge >= 0.3 is 0 Å². The molecule has 0 aliphatic carbocycles. The lowest BCUT2D eigenvalue weighted by atomic mass is 9.99. The van der Waals surface area contributed by atoms with E-state index >= 15 is 0 Å². The molecular formula is C30H32ClN3O5. The van der Waals surface area contributed by atoms with Crippen molar-refractivity contribution in [2.75, 3.05) is 33.3 Å². The highest BCUT2D eigenvalue weighted by atomic mass is 35.5. The van der Waals surface area contributed by atoms with Crippen LogP contribution in [-0.2, 0) is 22.6 Å². The van der Waals surface area contributed by atoms with Crippen molar-refractivity contribution in [2.24, 2.45) is 0 Å². The van der Waals surface area contributed by atoms with Gasteiger partial charge in [-0.15, -0.1) is 5.10 Å². The van der Waals surface area contributed by atoms with Crippen molar-refractivity contribution in [1.82, 2.24) is 10.2 Å². The van der Waals surface area contributed by atoms with Crippen LogP contribution in [0.15, 0.2) is 48.5 Å². The van der Waals surface area contributed by atoms with Gasteiger partial charge in [0.1, 0.15) is 17.2 Å². The molecule has 4 aromatic rings. The fourth-order valence-electron chi connectivity index (χ4n) is 4.72. The number of nitrogens with zero attached hydrogens (tertiary/aromatic N) is 2. The van der Waals surface area contributed by atoms with Crippen LogP contribution >= 0.6 is 11.6 Å². The number of aryl methyl sites for hydroxylation is 1. The Balaban J connectivity index is 1.42. The minimum atomic E-state index is -0.176. The molecule has 2 heterocycles. The lowest BCUT2D eigenvalue weighted by molar-refractivity contribution is -0.118. The van der Waals surface area contributed by atoms with Crippen LogP contribution in [0.1, 0.15) is 29.7 Å². The number of anilines is 1. The van der Waals surface area contributed by atoms with Crippen LogP contribution in [0.2, 0.25) is 5.02 Å². The Bertz CT molecular complexity index is 1470. The molecule has 204 valence electrons. The van der Waals surface area contributed by atoms with Crippen LogP contribution in [0.25, 0.3) is 21.9 Å². The van der Waals surface area contributed by atoms with E-state index in [2.05, 4.69) is 21.6 Å². The quantitative estimate of drug-likeness (QED) is 0.238. The maximum Gasteiger partial charge on any atom is 0.158 e. The van der Waals surface area contributed by atoms with Crippen LogP contribution < -0.4 is 19.5 Å². The minimum Gasteiger partial charge on any atom is -0.497 e. The molecule has 8 nitrogen and oxygen atoms in total. The number of halogens is 1. The molecule has 1 saturated heterocycles. The maximum absolute atomic E-state index is 6.68. The predicted molar refractivity (Wildman–Crippen MR) is 152 cm³/mol. The van der Waals surface area contributed by atoms with Crippen molar-refractivity contribution in [3.63, 3.8) is 0 Å². The highest BCUT2D eigenvalue weighted by Crippen LogP contribution is 2.38. The second kappa shape index (κ2) is 12.1. The number of methoxy groups -OCH3 is 3.